The molecule has 0 atom stereocenters. The fraction of sp³-hybridized carbons (Fsp3) is 0.385. The quantitative estimate of drug-likeness (QED) is 0.571. The SMILES string of the molecule is C=CC(=O)N1CC2(CCN(c3cc4c(c(-c5c(C)ccc6[nH]ncc56)c3Cl)OCCC4)C2)C1. The van der Waals surface area contributed by atoms with Crippen LogP contribution < -0.4 is 9.64 Å². The van der Waals surface area contributed by atoms with Crippen LogP contribution in [0.3, 0.4) is 0 Å². The van der Waals surface area contributed by atoms with E-state index in [1.807, 2.05) is 11.1 Å². The molecule has 0 unspecified atom stereocenters. The average Bonchev–Trinajstić information content (AvgIpc) is 3.46. The summed E-state index contributed by atoms with van der Waals surface area (Å²) in [6.07, 6.45) is 6.33. The summed E-state index contributed by atoms with van der Waals surface area (Å²) >= 11 is 7.23. The van der Waals surface area contributed by atoms with Gasteiger partial charge < -0.3 is 14.5 Å². The van der Waals surface area contributed by atoms with Crippen molar-refractivity contribution in [3.63, 3.8) is 0 Å². The van der Waals surface area contributed by atoms with Crippen LogP contribution >= 0.6 is 11.6 Å². The molecule has 6 rings (SSSR count). The van der Waals surface area contributed by atoms with Gasteiger partial charge in [0.1, 0.15) is 5.75 Å². The minimum absolute atomic E-state index is 0.0222. The molecular weight excluding hydrogens is 436 g/mol. The number of benzene rings is 2. The maximum Gasteiger partial charge on any atom is 0.245 e. The normalized spacial score (nSPS) is 18.8. The van der Waals surface area contributed by atoms with E-state index >= 15 is 0 Å². The summed E-state index contributed by atoms with van der Waals surface area (Å²) in [7, 11) is 0. The lowest BCUT2D eigenvalue weighted by atomic mass is 9.79. The number of hydrogen-bond acceptors (Lipinski definition) is 4. The number of H-pyrrole nitrogens is 1. The molecule has 3 aromatic rings. The number of hydrogen-bond donors (Lipinski definition) is 1. The Morgan fingerprint density at radius 3 is 2.97 bits per heavy atom. The van der Waals surface area contributed by atoms with E-state index in [2.05, 4.69) is 46.8 Å². The van der Waals surface area contributed by atoms with E-state index in [1.54, 1.807) is 0 Å². The second-order valence-corrected chi connectivity index (χ2v) is 10.1. The third-order valence-electron chi connectivity index (χ3n) is 7.51. The van der Waals surface area contributed by atoms with Crippen LogP contribution in [0.4, 0.5) is 5.69 Å². The van der Waals surface area contributed by atoms with Gasteiger partial charge in [-0.1, -0.05) is 24.2 Å². The standard InChI is InChI=1S/C26H27ClN4O2/c1-3-21(32)31-14-26(15-31)8-9-30(13-26)20-11-17-5-4-10-33-25(17)23(24(20)27)22-16(2)6-7-19-18(22)12-28-29-19/h3,6-7,11-12H,1,4-5,8-10,13-15H2,2H3,(H,28,29). The molecule has 1 N–H and O–H groups in total. The molecule has 3 aliphatic heterocycles. The van der Waals surface area contributed by atoms with Crippen LogP contribution in [-0.2, 0) is 11.2 Å². The van der Waals surface area contributed by atoms with Crippen LogP contribution in [0.25, 0.3) is 22.0 Å². The van der Waals surface area contributed by atoms with Gasteiger partial charge in [0, 0.05) is 48.1 Å². The molecule has 7 heteroatoms. The first kappa shape index (κ1) is 20.6. The van der Waals surface area contributed by atoms with Gasteiger partial charge in [0.25, 0.3) is 0 Å². The molecule has 33 heavy (non-hydrogen) atoms. The van der Waals surface area contributed by atoms with Crippen LogP contribution in [-0.4, -0.2) is 53.8 Å². The molecule has 1 aromatic heterocycles. The zero-order valence-electron chi connectivity index (χ0n) is 18.8. The van der Waals surface area contributed by atoms with Gasteiger partial charge in [-0.25, -0.2) is 0 Å². The Labute approximate surface area is 198 Å². The number of fused-ring (bicyclic) bond motifs is 2. The molecule has 4 heterocycles. The number of carbonyl (C=O) groups is 1. The van der Waals surface area contributed by atoms with Crippen molar-refractivity contribution < 1.29 is 9.53 Å². The second kappa shape index (κ2) is 7.52. The maximum absolute atomic E-state index is 12.0. The predicted octanol–water partition coefficient (Wildman–Crippen LogP) is 4.74. The lowest BCUT2D eigenvalue weighted by Gasteiger charge is -2.47. The summed E-state index contributed by atoms with van der Waals surface area (Å²) < 4.78 is 6.23. The highest BCUT2D eigenvalue weighted by Crippen LogP contribution is 2.51. The molecule has 0 bridgehead atoms. The fourth-order valence-electron chi connectivity index (χ4n) is 5.83. The number of aromatic nitrogens is 2. The molecule has 2 fully saturated rings. The van der Waals surface area contributed by atoms with Crippen LogP contribution in [0.15, 0.2) is 37.1 Å². The van der Waals surface area contributed by atoms with Crippen molar-refractivity contribution in [2.75, 3.05) is 37.7 Å². The number of aryl methyl sites for hydroxylation is 2. The van der Waals surface area contributed by atoms with Crippen molar-refractivity contribution in [3.8, 4) is 16.9 Å². The van der Waals surface area contributed by atoms with Crippen molar-refractivity contribution in [2.45, 2.75) is 26.2 Å². The fourth-order valence-corrected chi connectivity index (χ4v) is 6.18. The maximum atomic E-state index is 12.0. The number of nitrogens with zero attached hydrogens (tertiary/aromatic N) is 3. The average molecular weight is 463 g/mol. The first-order chi connectivity index (χ1) is 16.0. The molecular formula is C26H27ClN4O2. The number of halogens is 1. The molecule has 0 radical (unpaired) electrons. The Morgan fingerprint density at radius 1 is 1.30 bits per heavy atom. The van der Waals surface area contributed by atoms with Gasteiger partial charge in [0.2, 0.25) is 5.91 Å². The number of aromatic amines is 1. The summed E-state index contributed by atoms with van der Waals surface area (Å²) in [5, 5.41) is 9.16. The first-order valence-corrected chi connectivity index (χ1v) is 11.9. The molecule has 3 aliphatic rings. The highest BCUT2D eigenvalue weighted by molar-refractivity contribution is 6.37. The van der Waals surface area contributed by atoms with E-state index in [-0.39, 0.29) is 11.3 Å². The molecule has 2 saturated heterocycles. The smallest absolute Gasteiger partial charge is 0.245 e. The number of carbonyl (C=O) groups excluding carboxylic acids is 1. The minimum Gasteiger partial charge on any atom is -0.493 e. The third-order valence-corrected chi connectivity index (χ3v) is 7.89. The monoisotopic (exact) mass is 462 g/mol. The molecule has 1 spiro atoms. The van der Waals surface area contributed by atoms with Gasteiger partial charge in [0.05, 0.1) is 29.0 Å². The Morgan fingerprint density at radius 2 is 2.15 bits per heavy atom. The summed E-state index contributed by atoms with van der Waals surface area (Å²) in [6, 6.07) is 6.40. The number of nitrogens with one attached hydrogen (secondary N) is 1. The van der Waals surface area contributed by atoms with E-state index < -0.39 is 0 Å². The van der Waals surface area contributed by atoms with Gasteiger partial charge in [-0.3, -0.25) is 9.89 Å². The van der Waals surface area contributed by atoms with Crippen molar-refractivity contribution in [1.29, 1.82) is 0 Å². The van der Waals surface area contributed by atoms with Crippen LogP contribution in [0.2, 0.25) is 5.02 Å². The highest BCUT2D eigenvalue weighted by Gasteiger charge is 2.49. The molecule has 6 nitrogen and oxygen atoms in total. The van der Waals surface area contributed by atoms with Crippen molar-refractivity contribution in [2.24, 2.45) is 5.41 Å². The van der Waals surface area contributed by atoms with Gasteiger partial charge in [0.15, 0.2) is 0 Å². The summed E-state index contributed by atoms with van der Waals surface area (Å²) in [6.45, 7) is 9.86. The van der Waals surface area contributed by atoms with Gasteiger partial charge in [-0.15, -0.1) is 0 Å². The zero-order chi connectivity index (χ0) is 22.7. The van der Waals surface area contributed by atoms with Crippen molar-refractivity contribution in [1.82, 2.24) is 15.1 Å². The number of ether oxygens (including phenoxy) is 1. The van der Waals surface area contributed by atoms with E-state index in [9.17, 15) is 4.79 Å². The molecule has 0 saturated carbocycles. The molecule has 0 aliphatic carbocycles. The highest BCUT2D eigenvalue weighted by atomic mass is 35.5. The Bertz CT molecular complexity index is 1290. The Hall–Kier alpha value is -2.99. The number of amides is 1. The van der Waals surface area contributed by atoms with Gasteiger partial charge in [-0.2, -0.15) is 5.10 Å². The lowest BCUT2D eigenvalue weighted by Crippen LogP contribution is -2.59. The number of rotatable bonds is 3. The molecule has 170 valence electrons. The second-order valence-electron chi connectivity index (χ2n) is 9.68. The van der Waals surface area contributed by atoms with E-state index in [1.165, 1.54) is 11.6 Å². The summed E-state index contributed by atoms with van der Waals surface area (Å²) in [5.74, 6) is 0.932. The topological polar surface area (TPSA) is 61.5 Å². The number of anilines is 1. The Balaban J connectivity index is 1.44. The lowest BCUT2D eigenvalue weighted by molar-refractivity contribution is -0.136. The zero-order valence-corrected chi connectivity index (χ0v) is 19.5. The largest absolute Gasteiger partial charge is 0.493 e. The van der Waals surface area contributed by atoms with Gasteiger partial charge in [-0.05, 0) is 55.5 Å². The van der Waals surface area contributed by atoms with Crippen LogP contribution in [0.5, 0.6) is 5.75 Å². The van der Waals surface area contributed by atoms with E-state index in [0.29, 0.717) is 6.61 Å². The van der Waals surface area contributed by atoms with Gasteiger partial charge >= 0.3 is 0 Å². The Kier molecular flexibility index (Phi) is 4.70. The summed E-state index contributed by atoms with van der Waals surface area (Å²) in [5.41, 5.74) is 6.64. The van der Waals surface area contributed by atoms with Crippen molar-refractivity contribution >= 4 is 34.1 Å². The van der Waals surface area contributed by atoms with E-state index in [4.69, 9.17) is 16.3 Å². The number of likely N-dealkylation sites (tertiary alicyclic amines) is 1. The molecule has 1 amide bonds. The predicted molar refractivity (Wildman–Crippen MR) is 131 cm³/mol. The van der Waals surface area contributed by atoms with E-state index in [0.717, 1.165) is 89.5 Å². The third kappa shape index (κ3) is 3.15. The first-order valence-electron chi connectivity index (χ1n) is 11.6. The van der Waals surface area contributed by atoms with Crippen LogP contribution in [0.1, 0.15) is 24.0 Å². The van der Waals surface area contributed by atoms with Crippen LogP contribution in [0, 0.1) is 12.3 Å². The summed E-state index contributed by atoms with van der Waals surface area (Å²) in [4.78, 5) is 16.3. The molecule has 2 aromatic carbocycles. The minimum atomic E-state index is 0.0222. The van der Waals surface area contributed by atoms with Crippen molar-refractivity contribution in [3.05, 3.63) is 53.2 Å².